The van der Waals surface area contributed by atoms with Gasteiger partial charge >= 0.3 is 0 Å². The molecule has 3 nitrogen and oxygen atoms in total. The molecule has 346 valence electrons. The van der Waals surface area contributed by atoms with Crippen molar-refractivity contribution in [3.63, 3.8) is 0 Å². The first kappa shape index (κ1) is 46.1. The predicted octanol–water partition coefficient (Wildman–Crippen LogP) is 21.3. The van der Waals surface area contributed by atoms with Gasteiger partial charge in [-0.3, -0.25) is 0 Å². The van der Waals surface area contributed by atoms with Gasteiger partial charge in [0.1, 0.15) is 34.0 Å². The van der Waals surface area contributed by atoms with Gasteiger partial charge in [0.05, 0.1) is 14.6 Å². The summed E-state index contributed by atoms with van der Waals surface area (Å²) < 4.78 is 19.3. The van der Waals surface area contributed by atoms with E-state index in [1.165, 1.54) is 146 Å². The van der Waals surface area contributed by atoms with Gasteiger partial charge in [0.2, 0.25) is 0 Å². The third-order valence-electron chi connectivity index (χ3n) is 13.7. The molecule has 0 radical (unpaired) electrons. The van der Waals surface area contributed by atoms with Crippen molar-refractivity contribution in [3.8, 4) is 31.9 Å². The van der Waals surface area contributed by atoms with Gasteiger partial charge in [-0.25, -0.2) is 0 Å². The van der Waals surface area contributed by atoms with Gasteiger partial charge in [0.25, 0.3) is 0 Å². The van der Waals surface area contributed by atoms with E-state index in [2.05, 4.69) is 147 Å². The number of aryl methyl sites for hydroxylation is 4. The van der Waals surface area contributed by atoms with Crippen molar-refractivity contribution in [3.05, 3.63) is 148 Å². The zero-order valence-corrected chi connectivity index (χ0v) is 42.6. The minimum absolute atomic E-state index is 0.936. The van der Waals surface area contributed by atoms with Gasteiger partial charge in [0, 0.05) is 32.5 Å². The van der Waals surface area contributed by atoms with Crippen molar-refractivity contribution in [2.75, 3.05) is 0 Å². The quantitative estimate of drug-likeness (QED) is 0.0635. The van der Waals surface area contributed by atoms with Gasteiger partial charge in [-0.15, -0.1) is 34.0 Å². The molecule has 6 heterocycles. The lowest BCUT2D eigenvalue weighted by Crippen LogP contribution is -1.83. The number of furan rings is 3. The Hall–Kier alpha value is -5.66. The predicted molar refractivity (Wildman–Crippen MR) is 298 cm³/mol. The molecular formula is C62H62O3S3. The molecule has 11 rings (SSSR count). The van der Waals surface area contributed by atoms with Crippen molar-refractivity contribution < 1.29 is 13.3 Å². The fourth-order valence-electron chi connectivity index (χ4n) is 9.92. The lowest BCUT2D eigenvalue weighted by Gasteiger charge is -2.08. The molecule has 0 aliphatic heterocycles. The average molecular weight is 951 g/mol. The fourth-order valence-corrected chi connectivity index (χ4v) is 12.6. The second-order valence-corrected chi connectivity index (χ2v) is 21.5. The van der Waals surface area contributed by atoms with E-state index < -0.39 is 0 Å². The lowest BCUT2D eigenvalue weighted by molar-refractivity contribution is 0.608. The molecule has 0 saturated carbocycles. The minimum Gasteiger partial charge on any atom is -0.455 e. The first-order valence-electron chi connectivity index (χ1n) is 25.0. The van der Waals surface area contributed by atoms with Gasteiger partial charge in [-0.05, 0) is 148 Å². The highest BCUT2D eigenvalue weighted by Crippen LogP contribution is 2.42. The molecule has 0 amide bonds. The van der Waals surface area contributed by atoms with E-state index in [-0.39, 0.29) is 0 Å². The van der Waals surface area contributed by atoms with Crippen molar-refractivity contribution >= 4 is 105 Å². The topological polar surface area (TPSA) is 39.4 Å². The van der Waals surface area contributed by atoms with E-state index in [1.54, 1.807) is 34.0 Å². The molecule has 11 aromatic rings. The Labute approximate surface area is 413 Å². The van der Waals surface area contributed by atoms with E-state index in [4.69, 9.17) is 13.3 Å². The molecule has 0 bridgehead atoms. The number of hydrogen-bond acceptors (Lipinski definition) is 6. The third-order valence-corrected chi connectivity index (χ3v) is 16.8. The summed E-state index contributed by atoms with van der Waals surface area (Å²) in [5.74, 6) is 2.89. The number of rotatable bonds is 18. The number of benzene rings is 5. The van der Waals surface area contributed by atoms with Crippen LogP contribution in [0.4, 0.5) is 0 Å². The maximum atomic E-state index is 6.63. The fraction of sp³-hybridized carbons (Fsp3) is 0.290. The summed E-state index contributed by atoms with van der Waals surface area (Å²) in [5.41, 5.74) is 9.32. The molecule has 6 aromatic heterocycles. The Kier molecular flexibility index (Phi) is 14.2. The van der Waals surface area contributed by atoms with Crippen LogP contribution in [0.5, 0.6) is 0 Å². The molecular weight excluding hydrogens is 889 g/mol. The average Bonchev–Trinajstić information content (AvgIpc) is 4.22. The molecule has 0 aliphatic carbocycles. The summed E-state index contributed by atoms with van der Waals surface area (Å²) in [6.07, 6.45) is 20.2. The molecule has 0 atom stereocenters. The molecule has 0 N–H and O–H groups in total. The zero-order valence-electron chi connectivity index (χ0n) is 40.1. The molecule has 0 fully saturated rings. The lowest BCUT2D eigenvalue weighted by atomic mass is 9.95. The SMILES string of the molecule is C=Cc1c(C)ccc2cc(-c3cc(C)cs3)oc12.CCCCCCCCc1csc(-c2cc3ccc4c5ccc6c(ccc7cc(-c8cc(CCCCCCCC)cs8)oc76)c5ccc4c3o2)c1. The standard InChI is InChI=1S/C46H48O2S2.C16H14OS/c1-3-5-7-9-11-13-15-31-25-43(49-29-31)41-27-33-17-19-37-35-22-24-40-38(36(35)21-23-39(37)45(33)47-41)20-18-34-28-42(48-46(34)40)44-26-32(30-50-44)16-14-12-10-8-6-4-2;1-4-13-11(3)5-6-12-8-14(17-16(12)13)15-7-10(2)9-18-15/h17-30H,3-16H2,1-2H3;4-9H,1H2,2-3H3. The van der Waals surface area contributed by atoms with Crippen molar-refractivity contribution in [1.29, 1.82) is 0 Å². The first-order valence-corrected chi connectivity index (χ1v) is 27.6. The monoisotopic (exact) mass is 950 g/mol. The van der Waals surface area contributed by atoms with Crippen LogP contribution in [0.2, 0.25) is 0 Å². The number of thiophene rings is 3. The molecule has 0 saturated heterocycles. The van der Waals surface area contributed by atoms with Gasteiger partial charge in [0.15, 0.2) is 0 Å². The molecule has 68 heavy (non-hydrogen) atoms. The van der Waals surface area contributed by atoms with Gasteiger partial charge < -0.3 is 13.3 Å². The first-order chi connectivity index (χ1) is 33.4. The molecule has 0 spiro atoms. The molecule has 6 heteroatoms. The number of fused-ring (bicyclic) bond motifs is 10. The number of hydrogen-bond donors (Lipinski definition) is 0. The highest BCUT2D eigenvalue weighted by atomic mass is 32.1. The number of unbranched alkanes of at least 4 members (excludes halogenated alkanes) is 10. The highest BCUT2D eigenvalue weighted by Gasteiger charge is 2.17. The van der Waals surface area contributed by atoms with Crippen LogP contribution in [0.25, 0.3) is 103 Å². The summed E-state index contributed by atoms with van der Waals surface area (Å²) in [5, 5.41) is 17.5. The molecule has 5 aromatic carbocycles. The van der Waals surface area contributed by atoms with Crippen LogP contribution in [0.3, 0.4) is 0 Å². The maximum Gasteiger partial charge on any atom is 0.145 e. The van der Waals surface area contributed by atoms with E-state index in [1.807, 2.05) is 6.08 Å². The normalized spacial score (nSPS) is 11.8. The van der Waals surface area contributed by atoms with Gasteiger partial charge in [-0.1, -0.05) is 139 Å². The minimum atomic E-state index is 0.936. The van der Waals surface area contributed by atoms with Crippen LogP contribution >= 0.6 is 34.0 Å². The zero-order chi connectivity index (χ0) is 46.6. The second-order valence-electron chi connectivity index (χ2n) is 18.8. The second kappa shape index (κ2) is 20.9. The Morgan fingerprint density at radius 1 is 0.426 bits per heavy atom. The van der Waals surface area contributed by atoms with Crippen LogP contribution < -0.4 is 0 Å². The van der Waals surface area contributed by atoms with E-state index in [0.29, 0.717) is 0 Å². The summed E-state index contributed by atoms with van der Waals surface area (Å²) in [4.78, 5) is 3.62. The van der Waals surface area contributed by atoms with Gasteiger partial charge in [-0.2, -0.15) is 0 Å². The Bertz CT molecular complexity index is 3340. The molecule has 0 unspecified atom stereocenters. The van der Waals surface area contributed by atoms with Crippen molar-refractivity contribution in [2.45, 2.75) is 118 Å². The summed E-state index contributed by atoms with van der Waals surface area (Å²) >= 11 is 5.33. The largest absolute Gasteiger partial charge is 0.455 e. The third kappa shape index (κ3) is 9.66. The van der Waals surface area contributed by atoms with E-state index >= 15 is 0 Å². The van der Waals surface area contributed by atoms with Crippen LogP contribution in [-0.2, 0) is 12.8 Å². The van der Waals surface area contributed by atoms with Crippen LogP contribution in [0.15, 0.2) is 133 Å². The maximum absolute atomic E-state index is 6.63. The Morgan fingerprint density at radius 3 is 1.31 bits per heavy atom. The van der Waals surface area contributed by atoms with Crippen molar-refractivity contribution in [2.24, 2.45) is 0 Å². The van der Waals surface area contributed by atoms with E-state index in [0.717, 1.165) is 68.6 Å². The van der Waals surface area contributed by atoms with Crippen molar-refractivity contribution in [1.82, 2.24) is 0 Å². The van der Waals surface area contributed by atoms with E-state index in [9.17, 15) is 0 Å². The summed E-state index contributed by atoms with van der Waals surface area (Å²) in [6.45, 7) is 12.6. The smallest absolute Gasteiger partial charge is 0.145 e. The Morgan fingerprint density at radius 2 is 0.824 bits per heavy atom. The van der Waals surface area contributed by atoms with Crippen LogP contribution in [0.1, 0.15) is 119 Å². The van der Waals surface area contributed by atoms with Crippen LogP contribution in [0, 0.1) is 13.8 Å². The highest BCUT2D eigenvalue weighted by molar-refractivity contribution is 7.14. The summed E-state index contributed by atoms with van der Waals surface area (Å²) in [7, 11) is 0. The Balaban J connectivity index is 0.000000250. The molecule has 0 aliphatic rings. The summed E-state index contributed by atoms with van der Waals surface area (Å²) in [6, 6.07) is 35.6. The van der Waals surface area contributed by atoms with Crippen LogP contribution in [-0.4, -0.2) is 0 Å².